The van der Waals surface area contributed by atoms with Crippen LogP contribution in [-0.2, 0) is 20.9 Å². The first-order valence-corrected chi connectivity index (χ1v) is 14.3. The van der Waals surface area contributed by atoms with E-state index in [1.807, 2.05) is 39.0 Å². The fourth-order valence-electron chi connectivity index (χ4n) is 5.69. The third-order valence-electron chi connectivity index (χ3n) is 7.35. The van der Waals surface area contributed by atoms with E-state index in [0.29, 0.717) is 36.9 Å². The Morgan fingerprint density at radius 1 is 1.05 bits per heavy atom. The molecule has 0 amide bonds. The second-order valence-electron chi connectivity index (χ2n) is 13.5. The highest BCUT2D eigenvalue weighted by molar-refractivity contribution is 5.70. The molecule has 204 valence electrons. The number of hydrogen-bond acceptors (Lipinski definition) is 5. The van der Waals surface area contributed by atoms with Crippen LogP contribution in [0.1, 0.15) is 128 Å². The number of hydrogen-bond donors (Lipinski definition) is 0. The maximum atomic E-state index is 12.9. The lowest BCUT2D eigenvalue weighted by Crippen LogP contribution is -2.28. The van der Waals surface area contributed by atoms with E-state index in [1.54, 1.807) is 0 Å². The minimum Gasteiger partial charge on any atom is -0.460 e. The van der Waals surface area contributed by atoms with Gasteiger partial charge in [0.05, 0.1) is 30.5 Å². The zero-order chi connectivity index (χ0) is 26.6. The molecule has 37 heavy (non-hydrogen) atoms. The summed E-state index contributed by atoms with van der Waals surface area (Å²) in [5, 5.41) is 9.44. The summed E-state index contributed by atoms with van der Waals surface area (Å²) in [6.07, 6.45) is 8.05. The molecule has 0 bridgehead atoms. The van der Waals surface area contributed by atoms with Crippen LogP contribution in [0.25, 0.3) is 0 Å². The molecule has 1 atom stereocenters. The molecule has 2 aromatic rings. The van der Waals surface area contributed by atoms with Crippen molar-refractivity contribution in [2.24, 2.45) is 11.3 Å². The first-order valence-electron chi connectivity index (χ1n) is 14.3. The van der Waals surface area contributed by atoms with Crippen LogP contribution in [0.15, 0.2) is 30.3 Å². The van der Waals surface area contributed by atoms with Gasteiger partial charge < -0.3 is 9.47 Å². The molecule has 2 aliphatic carbocycles. The van der Waals surface area contributed by atoms with Crippen LogP contribution in [0.2, 0.25) is 0 Å². The molecular formula is C31H47N3O3. The fraction of sp³-hybridized carbons (Fsp3) is 0.710. The Balaban J connectivity index is 1.43. The van der Waals surface area contributed by atoms with E-state index in [1.165, 1.54) is 49.1 Å². The van der Waals surface area contributed by atoms with Crippen molar-refractivity contribution in [3.05, 3.63) is 47.3 Å². The highest BCUT2D eigenvalue weighted by atomic mass is 16.6. The molecule has 0 spiro atoms. The van der Waals surface area contributed by atoms with Gasteiger partial charge in [0.25, 0.3) is 0 Å². The molecule has 1 aromatic carbocycles. The predicted molar refractivity (Wildman–Crippen MR) is 146 cm³/mol. The summed E-state index contributed by atoms with van der Waals surface area (Å²) in [5.74, 6) is 1.65. The number of ether oxygens (including phenoxy) is 2. The average Bonchev–Trinajstić information content (AvgIpc) is 3.52. The Kier molecular flexibility index (Phi) is 8.77. The van der Waals surface area contributed by atoms with Crippen molar-refractivity contribution in [2.75, 3.05) is 6.61 Å². The molecular weight excluding hydrogens is 462 g/mol. The third kappa shape index (κ3) is 8.39. The van der Waals surface area contributed by atoms with Crippen molar-refractivity contribution in [3.8, 4) is 0 Å². The van der Waals surface area contributed by atoms with E-state index < -0.39 is 5.60 Å². The van der Waals surface area contributed by atoms with Gasteiger partial charge in [0, 0.05) is 18.4 Å². The van der Waals surface area contributed by atoms with Gasteiger partial charge in [0.1, 0.15) is 5.60 Å². The van der Waals surface area contributed by atoms with Gasteiger partial charge in [-0.25, -0.2) is 4.68 Å². The van der Waals surface area contributed by atoms with E-state index in [9.17, 15) is 4.79 Å². The molecule has 6 heteroatoms. The maximum Gasteiger partial charge on any atom is 0.308 e. The van der Waals surface area contributed by atoms with E-state index in [2.05, 4.69) is 37.6 Å². The smallest absolute Gasteiger partial charge is 0.308 e. The number of rotatable bonds is 12. The molecule has 0 saturated heterocycles. The monoisotopic (exact) mass is 509 g/mol. The SMILES string of the molecule is CC(C)(C)CC1CC(c2nnn([C@@H](CCCOCc3ccccc3)CC(=O)OC(C)(C)C)c2C2CC2)C1. The summed E-state index contributed by atoms with van der Waals surface area (Å²) in [6.45, 7) is 14.0. The quantitative estimate of drug-likeness (QED) is 0.221. The van der Waals surface area contributed by atoms with Gasteiger partial charge in [-0.1, -0.05) is 56.3 Å². The number of esters is 1. The molecule has 0 N–H and O–H groups in total. The Labute approximate surface area is 223 Å². The minimum atomic E-state index is -0.499. The summed E-state index contributed by atoms with van der Waals surface area (Å²) >= 11 is 0. The molecule has 0 radical (unpaired) electrons. The maximum absolute atomic E-state index is 12.9. The van der Waals surface area contributed by atoms with Crippen LogP contribution in [0.4, 0.5) is 0 Å². The average molecular weight is 510 g/mol. The summed E-state index contributed by atoms with van der Waals surface area (Å²) in [5.41, 5.74) is 3.53. The van der Waals surface area contributed by atoms with Crippen molar-refractivity contribution < 1.29 is 14.3 Å². The van der Waals surface area contributed by atoms with Gasteiger partial charge in [0.2, 0.25) is 0 Å². The lowest BCUT2D eigenvalue weighted by atomic mass is 9.67. The van der Waals surface area contributed by atoms with Crippen molar-refractivity contribution in [3.63, 3.8) is 0 Å². The molecule has 2 fully saturated rings. The van der Waals surface area contributed by atoms with Gasteiger partial charge >= 0.3 is 5.97 Å². The molecule has 1 heterocycles. The van der Waals surface area contributed by atoms with Crippen molar-refractivity contribution in [2.45, 2.75) is 123 Å². The van der Waals surface area contributed by atoms with Gasteiger partial charge in [0.15, 0.2) is 0 Å². The van der Waals surface area contributed by atoms with Gasteiger partial charge in [-0.3, -0.25) is 4.79 Å². The Morgan fingerprint density at radius 2 is 1.76 bits per heavy atom. The highest BCUT2D eigenvalue weighted by Gasteiger charge is 2.41. The summed E-state index contributed by atoms with van der Waals surface area (Å²) in [6, 6.07) is 10.2. The standard InChI is InChI=1S/C31H47N3O3/c1-30(2,3)20-23-17-25(18-23)28-29(24-14-15-24)34(33-32-28)26(19-27(35)37-31(4,5)6)13-10-16-36-21-22-11-8-7-9-12-22/h7-9,11-12,23-26H,10,13-21H2,1-6H3/t23?,25?,26-/m0/s1. The molecule has 6 nitrogen and oxygen atoms in total. The third-order valence-corrected chi connectivity index (χ3v) is 7.35. The van der Waals surface area contributed by atoms with Crippen molar-refractivity contribution in [1.29, 1.82) is 0 Å². The minimum absolute atomic E-state index is 0.0579. The summed E-state index contributed by atoms with van der Waals surface area (Å²) < 4.78 is 13.8. The van der Waals surface area contributed by atoms with E-state index >= 15 is 0 Å². The fourth-order valence-corrected chi connectivity index (χ4v) is 5.69. The largest absolute Gasteiger partial charge is 0.460 e. The Bertz CT molecular complexity index is 1010. The topological polar surface area (TPSA) is 66.2 Å². The lowest BCUT2D eigenvalue weighted by Gasteiger charge is -2.38. The second kappa shape index (κ2) is 11.7. The molecule has 1 aromatic heterocycles. The zero-order valence-corrected chi connectivity index (χ0v) is 23.8. The summed E-state index contributed by atoms with van der Waals surface area (Å²) in [7, 11) is 0. The zero-order valence-electron chi connectivity index (χ0n) is 23.8. The van der Waals surface area contributed by atoms with Crippen LogP contribution < -0.4 is 0 Å². The number of benzene rings is 1. The highest BCUT2D eigenvalue weighted by Crippen LogP contribution is 2.51. The predicted octanol–water partition coefficient (Wildman–Crippen LogP) is 7.36. The Morgan fingerprint density at radius 3 is 2.38 bits per heavy atom. The van der Waals surface area contributed by atoms with Crippen LogP contribution in [0, 0.1) is 11.3 Å². The van der Waals surface area contributed by atoms with E-state index in [-0.39, 0.29) is 12.0 Å². The number of carbonyl (C=O) groups excluding carboxylic acids is 1. The second-order valence-corrected chi connectivity index (χ2v) is 13.5. The van der Waals surface area contributed by atoms with Crippen molar-refractivity contribution >= 4 is 5.97 Å². The molecule has 0 unspecified atom stereocenters. The van der Waals surface area contributed by atoms with Crippen molar-refractivity contribution in [1.82, 2.24) is 15.0 Å². The van der Waals surface area contributed by atoms with Crippen LogP contribution in [0.5, 0.6) is 0 Å². The number of nitrogens with zero attached hydrogens (tertiary/aromatic N) is 3. The lowest BCUT2D eigenvalue weighted by molar-refractivity contribution is -0.156. The van der Waals surface area contributed by atoms with E-state index in [4.69, 9.17) is 19.8 Å². The van der Waals surface area contributed by atoms with Crippen LogP contribution in [-0.4, -0.2) is 33.2 Å². The van der Waals surface area contributed by atoms with Gasteiger partial charge in [-0.2, -0.15) is 0 Å². The van der Waals surface area contributed by atoms with Gasteiger partial charge in [-0.15, -0.1) is 5.10 Å². The summed E-state index contributed by atoms with van der Waals surface area (Å²) in [4.78, 5) is 12.9. The number of carbonyl (C=O) groups is 1. The molecule has 0 aliphatic heterocycles. The Hall–Kier alpha value is -2.21. The first kappa shape index (κ1) is 27.8. The molecule has 4 rings (SSSR count). The first-order chi connectivity index (χ1) is 17.5. The normalized spacial score (nSPS) is 20.9. The van der Waals surface area contributed by atoms with Crippen LogP contribution in [0.3, 0.4) is 0 Å². The molecule has 2 saturated carbocycles. The number of aromatic nitrogens is 3. The molecule has 2 aliphatic rings. The van der Waals surface area contributed by atoms with Gasteiger partial charge in [-0.05, 0) is 82.6 Å². The van der Waals surface area contributed by atoms with Crippen LogP contribution >= 0.6 is 0 Å². The van der Waals surface area contributed by atoms with E-state index in [0.717, 1.165) is 18.8 Å².